The smallest absolute Gasteiger partial charge is 0.155 e. The highest BCUT2D eigenvalue weighted by atomic mass is 19.1. The van der Waals surface area contributed by atoms with Gasteiger partial charge in [-0.1, -0.05) is 19.0 Å². The van der Waals surface area contributed by atoms with Crippen LogP contribution in [0.25, 0.3) is 0 Å². The number of nitrogens with one attached hydrogen (secondary N) is 1. The summed E-state index contributed by atoms with van der Waals surface area (Å²) < 4.78 is 21.2. The van der Waals surface area contributed by atoms with Crippen LogP contribution in [0.5, 0.6) is 0 Å². The molecule has 0 amide bonds. The van der Waals surface area contributed by atoms with E-state index in [9.17, 15) is 4.79 Å². The highest BCUT2D eigenvalue weighted by Crippen LogP contribution is 2.66. The number of Topliss-reactive ketones (excluding diaryl/α,β-unsaturated/α-hetero) is 1. The molecule has 5 rings (SSSR count). The molecule has 0 bridgehead atoms. The zero-order valence-corrected chi connectivity index (χ0v) is 17.8. The number of ketones is 1. The van der Waals surface area contributed by atoms with Gasteiger partial charge in [0.25, 0.3) is 0 Å². The van der Waals surface area contributed by atoms with Gasteiger partial charge in [-0.25, -0.2) is 4.39 Å². The predicted molar refractivity (Wildman–Crippen MR) is 110 cm³/mol. The molecular formula is C24H35FN2O2. The fourth-order valence-electron chi connectivity index (χ4n) is 8.13. The molecule has 1 aromatic heterocycles. The van der Waals surface area contributed by atoms with Crippen LogP contribution in [0.4, 0.5) is 10.1 Å². The molecule has 8 atom stereocenters. The molecule has 4 fully saturated rings. The molecule has 160 valence electrons. The van der Waals surface area contributed by atoms with E-state index in [1.165, 1.54) is 12.7 Å². The summed E-state index contributed by atoms with van der Waals surface area (Å²) in [6, 6.07) is 0. The van der Waals surface area contributed by atoms with Crippen LogP contribution in [-0.2, 0) is 4.79 Å². The molecule has 1 aromatic rings. The normalized spacial score (nSPS) is 46.4. The lowest BCUT2D eigenvalue weighted by Crippen LogP contribution is -2.56. The van der Waals surface area contributed by atoms with E-state index in [0.717, 1.165) is 57.1 Å². The Hall–Kier alpha value is -1.39. The molecule has 4 saturated carbocycles. The van der Waals surface area contributed by atoms with Gasteiger partial charge in [-0.05, 0) is 92.8 Å². The Morgan fingerprint density at radius 2 is 2.07 bits per heavy atom. The maximum atomic E-state index is 16.4. The lowest BCUT2D eigenvalue weighted by Gasteiger charge is -2.58. The summed E-state index contributed by atoms with van der Waals surface area (Å²) in [7, 11) is 0. The number of nitrogens with zero attached hydrogens (tertiary/aromatic N) is 1. The summed E-state index contributed by atoms with van der Waals surface area (Å²) in [6.07, 6.45) is 12.3. The maximum Gasteiger partial charge on any atom is 0.155 e. The van der Waals surface area contributed by atoms with E-state index in [4.69, 9.17) is 4.52 Å². The molecule has 0 aromatic carbocycles. The summed E-state index contributed by atoms with van der Waals surface area (Å²) in [6.45, 7) is 4.96. The number of carbonyl (C=O) groups is 1. The molecule has 4 aliphatic carbocycles. The van der Waals surface area contributed by atoms with Crippen molar-refractivity contribution >= 4 is 11.5 Å². The third-order valence-electron chi connectivity index (χ3n) is 9.58. The summed E-state index contributed by atoms with van der Waals surface area (Å²) in [5.74, 6) is 2.58. The van der Waals surface area contributed by atoms with Crippen LogP contribution in [0, 0.1) is 40.9 Å². The minimum absolute atomic E-state index is 0.0414. The molecular weight excluding hydrogens is 367 g/mol. The minimum Gasteiger partial charge on any atom is -0.374 e. The third kappa shape index (κ3) is 3.06. The van der Waals surface area contributed by atoms with E-state index < -0.39 is 5.67 Å². The first-order valence-corrected chi connectivity index (χ1v) is 11.8. The number of fused-ring (bicyclic) bond motifs is 5. The van der Waals surface area contributed by atoms with E-state index in [-0.39, 0.29) is 23.2 Å². The van der Waals surface area contributed by atoms with Crippen molar-refractivity contribution in [1.29, 1.82) is 0 Å². The van der Waals surface area contributed by atoms with Crippen molar-refractivity contribution in [2.24, 2.45) is 40.9 Å². The van der Waals surface area contributed by atoms with Crippen LogP contribution in [-0.4, -0.2) is 23.2 Å². The SMILES string of the molecule is C[C@H]1CC[C@]2(F)C3CC[C@@]4(C)C(CC[C@@H]4C(=O)CNc4cnoc4)[C@@H]3CC[C@@H]2C1. The number of halogens is 1. The largest absolute Gasteiger partial charge is 0.374 e. The van der Waals surface area contributed by atoms with Crippen LogP contribution >= 0.6 is 0 Å². The summed E-state index contributed by atoms with van der Waals surface area (Å²) in [4.78, 5) is 13.1. The maximum absolute atomic E-state index is 16.4. The molecule has 0 aliphatic heterocycles. The van der Waals surface area contributed by atoms with Gasteiger partial charge in [0.15, 0.2) is 5.78 Å². The Bertz CT molecular complexity index is 752. The van der Waals surface area contributed by atoms with E-state index in [1.54, 1.807) is 6.20 Å². The zero-order chi connectivity index (χ0) is 20.2. The van der Waals surface area contributed by atoms with Crippen LogP contribution in [0.1, 0.15) is 71.6 Å². The molecule has 0 saturated heterocycles. The van der Waals surface area contributed by atoms with Crippen LogP contribution in [0.2, 0.25) is 0 Å². The number of alkyl halides is 1. The average molecular weight is 403 g/mol. The van der Waals surface area contributed by atoms with Crippen LogP contribution in [0.15, 0.2) is 17.0 Å². The monoisotopic (exact) mass is 402 g/mol. The number of anilines is 1. The molecule has 2 unspecified atom stereocenters. The second-order valence-corrected chi connectivity index (χ2v) is 10.9. The molecule has 4 nitrogen and oxygen atoms in total. The van der Waals surface area contributed by atoms with E-state index in [0.29, 0.717) is 30.1 Å². The van der Waals surface area contributed by atoms with Crippen molar-refractivity contribution in [3.05, 3.63) is 12.5 Å². The fourth-order valence-corrected chi connectivity index (χ4v) is 8.13. The number of hydrogen-bond donors (Lipinski definition) is 1. The Morgan fingerprint density at radius 1 is 1.21 bits per heavy atom. The van der Waals surface area contributed by atoms with Gasteiger partial charge in [-0.15, -0.1) is 0 Å². The number of carbonyl (C=O) groups excluding carboxylic acids is 1. The van der Waals surface area contributed by atoms with Crippen molar-refractivity contribution in [3.63, 3.8) is 0 Å². The number of hydrogen-bond acceptors (Lipinski definition) is 4. The van der Waals surface area contributed by atoms with Crippen LogP contribution in [0.3, 0.4) is 0 Å². The standard InChI is InChI=1S/C24H35FN2O2/c1-15-7-10-24(25)16(11-15)3-4-18-19-5-6-21(23(19,2)9-8-20(18)24)22(28)13-26-17-12-27-29-14-17/h12,14-16,18-21,26H,3-11,13H2,1-2H3/t15-,16+,18-,19?,20?,21+,23-,24+/m0/s1. The average Bonchev–Trinajstić information content (AvgIpc) is 3.34. The first-order chi connectivity index (χ1) is 13.9. The highest BCUT2D eigenvalue weighted by molar-refractivity contribution is 5.86. The van der Waals surface area contributed by atoms with Crippen molar-refractivity contribution < 1.29 is 13.7 Å². The van der Waals surface area contributed by atoms with Gasteiger partial charge in [0.2, 0.25) is 0 Å². The summed E-state index contributed by atoms with van der Waals surface area (Å²) in [5.41, 5.74) is -0.139. The molecule has 5 heteroatoms. The Labute approximate surface area is 173 Å². The second-order valence-electron chi connectivity index (χ2n) is 10.9. The lowest BCUT2D eigenvalue weighted by atomic mass is 9.48. The summed E-state index contributed by atoms with van der Waals surface area (Å²) in [5, 5.41) is 6.83. The molecule has 0 spiro atoms. The van der Waals surface area contributed by atoms with Gasteiger partial charge >= 0.3 is 0 Å². The van der Waals surface area contributed by atoms with Gasteiger partial charge in [-0.2, -0.15) is 0 Å². The van der Waals surface area contributed by atoms with E-state index in [1.807, 2.05) is 0 Å². The Morgan fingerprint density at radius 3 is 2.86 bits per heavy atom. The van der Waals surface area contributed by atoms with Crippen LogP contribution < -0.4 is 5.32 Å². The van der Waals surface area contributed by atoms with E-state index in [2.05, 4.69) is 24.3 Å². The topological polar surface area (TPSA) is 55.1 Å². The number of rotatable bonds is 4. The molecule has 0 radical (unpaired) electrons. The molecule has 29 heavy (non-hydrogen) atoms. The number of aromatic nitrogens is 1. The second kappa shape index (κ2) is 7.09. The van der Waals surface area contributed by atoms with Gasteiger partial charge in [0.05, 0.1) is 18.4 Å². The van der Waals surface area contributed by atoms with Crippen molar-refractivity contribution in [3.8, 4) is 0 Å². The van der Waals surface area contributed by atoms with Crippen molar-refractivity contribution in [2.75, 3.05) is 11.9 Å². The molecule has 1 N–H and O–H groups in total. The lowest BCUT2D eigenvalue weighted by molar-refractivity contribution is -0.145. The quantitative estimate of drug-likeness (QED) is 0.707. The van der Waals surface area contributed by atoms with Gasteiger partial charge < -0.3 is 9.84 Å². The van der Waals surface area contributed by atoms with Gasteiger partial charge in [0.1, 0.15) is 11.9 Å². The first-order valence-electron chi connectivity index (χ1n) is 11.8. The highest BCUT2D eigenvalue weighted by Gasteiger charge is 2.62. The third-order valence-corrected chi connectivity index (χ3v) is 9.58. The van der Waals surface area contributed by atoms with Gasteiger partial charge in [0, 0.05) is 5.92 Å². The van der Waals surface area contributed by atoms with Gasteiger partial charge in [-0.3, -0.25) is 4.79 Å². The Balaban J connectivity index is 1.31. The van der Waals surface area contributed by atoms with E-state index >= 15 is 4.39 Å². The molecule has 1 heterocycles. The Kier molecular flexibility index (Phi) is 4.78. The zero-order valence-electron chi connectivity index (χ0n) is 17.8. The molecule has 4 aliphatic rings. The fraction of sp³-hybridized carbons (Fsp3) is 0.833. The van der Waals surface area contributed by atoms with Crippen molar-refractivity contribution in [1.82, 2.24) is 5.16 Å². The van der Waals surface area contributed by atoms with Crippen molar-refractivity contribution in [2.45, 2.75) is 77.3 Å². The minimum atomic E-state index is -0.936. The first kappa shape index (κ1) is 19.6. The summed E-state index contributed by atoms with van der Waals surface area (Å²) >= 11 is 0. The predicted octanol–water partition coefficient (Wildman–Crippen LogP) is 5.65.